The number of sulfonamides is 1. The summed E-state index contributed by atoms with van der Waals surface area (Å²) in [5, 5.41) is 11.2. The van der Waals surface area contributed by atoms with Crippen molar-refractivity contribution in [3.05, 3.63) is 53.6 Å². The molecule has 166 valence electrons. The molecule has 8 nitrogen and oxygen atoms in total. The van der Waals surface area contributed by atoms with Crippen molar-refractivity contribution in [3.63, 3.8) is 0 Å². The topological polar surface area (TPSA) is 118 Å². The van der Waals surface area contributed by atoms with Crippen LogP contribution in [-0.4, -0.2) is 41.1 Å². The Morgan fingerprint density at radius 3 is 2.45 bits per heavy atom. The number of alkyl halides is 2. The van der Waals surface area contributed by atoms with Gasteiger partial charge in [-0.3, -0.25) is 4.79 Å². The van der Waals surface area contributed by atoms with Crippen LogP contribution < -0.4 is 19.5 Å². The predicted octanol–water partition coefficient (Wildman–Crippen LogP) is 2.46. The van der Waals surface area contributed by atoms with Gasteiger partial charge in [0, 0.05) is 25.1 Å². The number of nitriles is 1. The van der Waals surface area contributed by atoms with E-state index < -0.39 is 22.5 Å². The Hall–Kier alpha value is -3.23. The molecule has 0 saturated carbocycles. The van der Waals surface area contributed by atoms with Gasteiger partial charge in [0.1, 0.15) is 0 Å². The molecule has 0 radical (unpaired) electrons. The minimum absolute atomic E-state index is 0.00347. The van der Waals surface area contributed by atoms with E-state index in [0.29, 0.717) is 12.0 Å². The first-order valence-electron chi connectivity index (χ1n) is 9.13. The number of halogens is 2. The van der Waals surface area contributed by atoms with Crippen LogP contribution in [0.4, 0.5) is 8.78 Å². The Morgan fingerprint density at radius 1 is 1.13 bits per heavy atom. The number of rotatable bonds is 11. The highest BCUT2D eigenvalue weighted by Crippen LogP contribution is 2.29. The quantitative estimate of drug-likeness (QED) is 0.505. The number of methoxy groups -OCH3 is 1. The lowest BCUT2D eigenvalue weighted by Gasteiger charge is -2.12. The molecule has 0 aromatic heterocycles. The fraction of sp³-hybridized carbons (Fsp3) is 0.300. The Bertz CT molecular complexity index is 1040. The zero-order valence-corrected chi connectivity index (χ0v) is 17.4. The van der Waals surface area contributed by atoms with Gasteiger partial charge in [0.15, 0.2) is 11.5 Å². The smallest absolute Gasteiger partial charge is 0.387 e. The highest BCUT2D eigenvalue weighted by molar-refractivity contribution is 7.89. The van der Waals surface area contributed by atoms with Crippen LogP contribution in [0, 0.1) is 11.3 Å². The van der Waals surface area contributed by atoms with E-state index in [2.05, 4.69) is 14.8 Å². The van der Waals surface area contributed by atoms with Crippen LogP contribution in [0.5, 0.6) is 11.5 Å². The molecule has 2 aromatic carbocycles. The second-order valence-electron chi connectivity index (χ2n) is 6.20. The van der Waals surface area contributed by atoms with Gasteiger partial charge < -0.3 is 14.8 Å². The Kier molecular flexibility index (Phi) is 8.72. The molecule has 0 heterocycles. The van der Waals surface area contributed by atoms with E-state index in [1.807, 2.05) is 6.07 Å². The van der Waals surface area contributed by atoms with E-state index in [-0.39, 0.29) is 41.5 Å². The summed E-state index contributed by atoms with van der Waals surface area (Å²) in [5.74, 6) is -0.342. The normalized spacial score (nSPS) is 11.1. The summed E-state index contributed by atoms with van der Waals surface area (Å²) in [4.78, 5) is 12.2. The van der Waals surface area contributed by atoms with Crippen molar-refractivity contribution in [2.45, 2.75) is 24.3 Å². The largest absolute Gasteiger partial charge is 0.493 e. The minimum atomic E-state index is -3.75. The molecular weight excluding hydrogens is 432 g/mol. The first-order chi connectivity index (χ1) is 14.8. The molecule has 11 heteroatoms. The number of hydrogen-bond donors (Lipinski definition) is 2. The summed E-state index contributed by atoms with van der Waals surface area (Å²) in [6.07, 6.45) is 0.397. The minimum Gasteiger partial charge on any atom is -0.493 e. The molecular formula is C20H21F2N3O5S. The molecule has 1 amide bonds. The fourth-order valence-corrected chi connectivity index (χ4v) is 3.63. The van der Waals surface area contributed by atoms with Gasteiger partial charge >= 0.3 is 6.61 Å². The zero-order valence-electron chi connectivity index (χ0n) is 16.6. The number of amides is 1. The third-order valence-corrected chi connectivity index (χ3v) is 5.58. The first-order valence-corrected chi connectivity index (χ1v) is 10.6. The van der Waals surface area contributed by atoms with Crippen LogP contribution >= 0.6 is 0 Å². The van der Waals surface area contributed by atoms with Crippen molar-refractivity contribution in [1.29, 1.82) is 5.26 Å². The maximum atomic E-state index is 12.5. The molecule has 0 saturated heterocycles. The maximum absolute atomic E-state index is 12.5. The summed E-state index contributed by atoms with van der Waals surface area (Å²) >= 11 is 0. The number of nitrogens with one attached hydrogen (secondary N) is 2. The van der Waals surface area contributed by atoms with Crippen LogP contribution in [0.3, 0.4) is 0 Å². The van der Waals surface area contributed by atoms with Gasteiger partial charge in [-0.15, -0.1) is 0 Å². The van der Waals surface area contributed by atoms with E-state index in [1.165, 1.54) is 43.5 Å². The molecule has 0 spiro atoms. The van der Waals surface area contributed by atoms with Crippen LogP contribution in [0.2, 0.25) is 0 Å². The highest BCUT2D eigenvalue weighted by atomic mass is 32.2. The lowest BCUT2D eigenvalue weighted by molar-refractivity contribution is -0.0512. The standard InChI is InChI=1S/C20H21F2N3O5S/c1-29-17-8-3-14(13-18(17)30-20(21)22)9-12-24-19(26)15-4-6-16(7-5-15)31(27,28)25-11-2-10-23/h3-8,13,20,25H,2,9,11-12H2,1H3,(H,24,26). The molecule has 0 bridgehead atoms. The van der Waals surface area contributed by atoms with Crippen molar-refractivity contribution in [1.82, 2.24) is 10.0 Å². The van der Waals surface area contributed by atoms with Crippen LogP contribution in [-0.2, 0) is 16.4 Å². The Balaban J connectivity index is 1.94. The molecule has 31 heavy (non-hydrogen) atoms. The summed E-state index contributed by atoms with van der Waals surface area (Å²) in [7, 11) is -2.42. The van der Waals surface area contributed by atoms with Gasteiger partial charge in [0.25, 0.3) is 5.91 Å². The molecule has 0 fully saturated rings. The van der Waals surface area contributed by atoms with E-state index >= 15 is 0 Å². The molecule has 2 rings (SSSR count). The maximum Gasteiger partial charge on any atom is 0.387 e. The molecule has 2 aromatic rings. The van der Waals surface area contributed by atoms with Crippen molar-refractivity contribution < 1.29 is 31.5 Å². The average Bonchev–Trinajstić information content (AvgIpc) is 2.73. The van der Waals surface area contributed by atoms with Crippen molar-refractivity contribution in [2.75, 3.05) is 20.2 Å². The van der Waals surface area contributed by atoms with Gasteiger partial charge in [-0.1, -0.05) is 6.07 Å². The van der Waals surface area contributed by atoms with E-state index in [4.69, 9.17) is 10.00 Å². The lowest BCUT2D eigenvalue weighted by atomic mass is 10.1. The van der Waals surface area contributed by atoms with Gasteiger partial charge in [0.2, 0.25) is 10.0 Å². The number of ether oxygens (including phenoxy) is 2. The van der Waals surface area contributed by atoms with E-state index in [0.717, 1.165) is 0 Å². The van der Waals surface area contributed by atoms with Gasteiger partial charge in [0.05, 0.1) is 18.1 Å². The molecule has 0 unspecified atom stereocenters. The Morgan fingerprint density at radius 2 is 1.84 bits per heavy atom. The number of carbonyl (C=O) groups excluding carboxylic acids is 1. The monoisotopic (exact) mass is 453 g/mol. The second kappa shape index (κ2) is 11.2. The summed E-state index contributed by atoms with van der Waals surface area (Å²) in [6, 6.07) is 11.7. The number of nitrogens with zero attached hydrogens (tertiary/aromatic N) is 1. The van der Waals surface area contributed by atoms with Crippen molar-refractivity contribution in [3.8, 4) is 17.6 Å². The predicted molar refractivity (Wildman–Crippen MR) is 108 cm³/mol. The molecule has 0 aliphatic rings. The molecule has 0 aliphatic heterocycles. The third kappa shape index (κ3) is 7.20. The number of hydrogen-bond acceptors (Lipinski definition) is 6. The van der Waals surface area contributed by atoms with Crippen LogP contribution in [0.25, 0.3) is 0 Å². The lowest BCUT2D eigenvalue weighted by Crippen LogP contribution is -2.26. The SMILES string of the molecule is COc1ccc(CCNC(=O)c2ccc(S(=O)(=O)NCCC#N)cc2)cc1OC(F)F. The van der Waals surface area contributed by atoms with Crippen LogP contribution in [0.1, 0.15) is 22.3 Å². The molecule has 0 atom stereocenters. The molecule has 0 aliphatic carbocycles. The van der Waals surface area contributed by atoms with E-state index in [1.54, 1.807) is 6.07 Å². The first kappa shape index (κ1) is 24.0. The van der Waals surface area contributed by atoms with Crippen molar-refractivity contribution >= 4 is 15.9 Å². The fourth-order valence-electron chi connectivity index (χ4n) is 2.60. The Labute approximate surface area is 178 Å². The third-order valence-electron chi connectivity index (χ3n) is 4.10. The van der Waals surface area contributed by atoms with Crippen LogP contribution in [0.15, 0.2) is 47.4 Å². The summed E-state index contributed by atoms with van der Waals surface area (Å²) in [6.45, 7) is -2.77. The van der Waals surface area contributed by atoms with Gasteiger partial charge in [-0.05, 0) is 48.4 Å². The second-order valence-corrected chi connectivity index (χ2v) is 7.97. The van der Waals surface area contributed by atoms with E-state index in [9.17, 15) is 22.0 Å². The zero-order chi connectivity index (χ0) is 22.9. The number of carbonyl (C=O) groups is 1. The average molecular weight is 453 g/mol. The van der Waals surface area contributed by atoms with Gasteiger partial charge in [-0.2, -0.15) is 14.0 Å². The number of benzene rings is 2. The summed E-state index contributed by atoms with van der Waals surface area (Å²) < 4.78 is 60.8. The van der Waals surface area contributed by atoms with Gasteiger partial charge in [-0.25, -0.2) is 13.1 Å². The summed E-state index contributed by atoms with van der Waals surface area (Å²) in [5.41, 5.74) is 0.911. The highest BCUT2D eigenvalue weighted by Gasteiger charge is 2.15. The molecule has 2 N–H and O–H groups in total. The van der Waals surface area contributed by atoms with Crippen molar-refractivity contribution in [2.24, 2.45) is 0 Å².